The number of piperidine rings is 2. The first-order chi connectivity index (χ1) is 41.0. The van der Waals surface area contributed by atoms with Crippen LogP contribution in [-0.4, -0.2) is 100 Å². The summed E-state index contributed by atoms with van der Waals surface area (Å²) in [5.74, 6) is -1.69. The third kappa shape index (κ3) is 14.5. The van der Waals surface area contributed by atoms with Gasteiger partial charge in [-0.25, -0.2) is 24.4 Å². The zero-order valence-corrected chi connectivity index (χ0v) is 46.8. The van der Waals surface area contributed by atoms with Crippen LogP contribution in [0.15, 0.2) is 119 Å². The number of nitrogens with zero attached hydrogens (tertiary/aromatic N) is 8. The Morgan fingerprint density at radius 3 is 1.24 bits per heavy atom. The minimum Gasteiger partial charge on any atom is -0.371 e. The van der Waals surface area contributed by atoms with Gasteiger partial charge in [0, 0.05) is 0 Å². The van der Waals surface area contributed by atoms with Gasteiger partial charge in [0.15, 0.2) is 11.1 Å². The summed E-state index contributed by atoms with van der Waals surface area (Å²) in [7, 11) is -5.19. The molecule has 2 aliphatic rings. The van der Waals surface area contributed by atoms with E-state index in [2.05, 4.69) is 31.0 Å². The zero-order chi connectivity index (χ0) is 65.1. The number of amides is 2. The van der Waals surface area contributed by atoms with E-state index >= 15 is 0 Å². The van der Waals surface area contributed by atoms with Crippen molar-refractivity contribution in [3.05, 3.63) is 175 Å². The number of carbonyl (C=O) groups excluding carboxylic acids is 2. The Morgan fingerprint density at radius 2 is 0.955 bits per heavy atom. The molecule has 2 fully saturated rings. The van der Waals surface area contributed by atoms with Crippen molar-refractivity contribution in [3.63, 3.8) is 0 Å². The molecule has 0 spiro atoms. The number of phosphoric acid groups is 1. The van der Waals surface area contributed by atoms with Crippen molar-refractivity contribution in [2.75, 3.05) is 39.5 Å². The van der Waals surface area contributed by atoms with Gasteiger partial charge < -0.3 is 34.8 Å². The Balaban J connectivity index is 0.000000252. The van der Waals surface area contributed by atoms with E-state index in [4.69, 9.17) is 15.2 Å². The molecule has 6 aromatic rings. The van der Waals surface area contributed by atoms with Gasteiger partial charge in [-0.15, -0.1) is 0 Å². The highest BCUT2D eigenvalue weighted by Gasteiger charge is 2.55. The predicted octanol–water partition coefficient (Wildman–Crippen LogP) is 8.32. The maximum absolute atomic E-state index is 13.6. The van der Waals surface area contributed by atoms with Gasteiger partial charge in [0.25, 0.3) is 0 Å². The SMILES string of the molecule is C[C@@H](OC[C@@]1(c2ccccc2)CC[C@](C#N)(n2cn[nH]c2=O)CN1C(=O)CN)c1cc(C(F)(F)F)cc(C(F)(F)F)c1.C[C@@H](OC[C@@]1(c2ccccc2)CC[C@](C#N)(n2cn[nH]c2=O)CN1C(=O)COP(=O)(O)O)c1cc(C(F)(F)F)cc(C(F)(F)F)c1. The Labute approximate surface area is 490 Å². The lowest BCUT2D eigenvalue weighted by molar-refractivity contribution is -0.154. The number of rotatable bonds is 16. The van der Waals surface area contributed by atoms with E-state index in [9.17, 15) is 96.7 Å². The van der Waals surface area contributed by atoms with Crippen LogP contribution in [0.2, 0.25) is 0 Å². The average Bonchev–Trinajstić information content (AvgIpc) is 2.57. The van der Waals surface area contributed by atoms with Gasteiger partial charge >= 0.3 is 43.9 Å². The van der Waals surface area contributed by atoms with Crippen LogP contribution in [0.5, 0.6) is 0 Å². The van der Waals surface area contributed by atoms with Crippen LogP contribution in [0.4, 0.5) is 52.7 Å². The number of benzene rings is 4. The monoisotopic (exact) mass is 1270 g/mol. The van der Waals surface area contributed by atoms with Gasteiger partial charge in [0.1, 0.15) is 19.3 Å². The van der Waals surface area contributed by atoms with Crippen LogP contribution >= 0.6 is 7.82 Å². The molecule has 2 saturated heterocycles. The quantitative estimate of drug-likeness (QED) is 0.0449. The first-order valence-electron chi connectivity index (χ1n) is 26.0. The lowest BCUT2D eigenvalue weighted by Crippen LogP contribution is -2.64. The van der Waals surface area contributed by atoms with Crippen molar-refractivity contribution in [1.29, 1.82) is 10.5 Å². The fourth-order valence-electron chi connectivity index (χ4n) is 10.6. The summed E-state index contributed by atoms with van der Waals surface area (Å²) in [5, 5.41) is 32.1. The fraction of sp³-hybridized carbons (Fsp3) is 0.407. The molecule has 34 heteroatoms. The summed E-state index contributed by atoms with van der Waals surface area (Å²) in [6.07, 6.45) is -21.1. The Morgan fingerprint density at radius 1 is 0.614 bits per heavy atom. The highest BCUT2D eigenvalue weighted by Crippen LogP contribution is 2.48. The number of phosphoric ester groups is 1. The standard InChI is InChI=1S/C27H26F6N6O3.C27H26F6N5O7P/c1-17(18-9-20(26(28,29)30)11-21(10-18)27(31,32)33)42-15-25(19-5-3-2-4-6-19)8-7-24(13-35,14-38(25)22(40)12-34)39-16-36-37-23(39)41;1-17(18-9-20(26(28,29)30)11-21(10-18)27(31,32)33)44-15-25(19-5-3-2-4-6-19)8-7-24(13-34,38-16-35-36-23(38)40)14-37(25)22(39)12-45-46(41,42)43/h2-6,9-11,16-17H,7-8,12,14-15,34H2,1H3,(H,37,41);2-6,9-11,16-17H,7-8,12,14-15H2,1H3,(H,36,40)(H2,41,42,43)/t2*17-,24-,25-/m11/s1. The van der Waals surface area contributed by atoms with E-state index < -0.39 is 144 Å². The number of nitriles is 2. The molecule has 0 bridgehead atoms. The van der Waals surface area contributed by atoms with Gasteiger partial charge in [-0.05, 0) is 98.2 Å². The predicted molar refractivity (Wildman–Crippen MR) is 280 cm³/mol. The van der Waals surface area contributed by atoms with Crippen molar-refractivity contribution in [3.8, 4) is 12.1 Å². The number of hydrogen-bond acceptors (Lipinski definition) is 13. The zero-order valence-electron chi connectivity index (χ0n) is 45.9. The van der Waals surface area contributed by atoms with E-state index in [1.165, 1.54) is 18.7 Å². The first-order valence-corrected chi connectivity index (χ1v) is 27.5. The molecule has 2 aliphatic heterocycles. The number of ether oxygens (including phenoxy) is 2. The second kappa shape index (κ2) is 25.5. The normalized spacial score (nSPS) is 21.8. The van der Waals surface area contributed by atoms with E-state index in [1.807, 2.05) is 6.07 Å². The maximum Gasteiger partial charge on any atom is 0.470 e. The number of alkyl halides is 12. The van der Waals surface area contributed by atoms with E-state index in [0.717, 1.165) is 26.7 Å². The van der Waals surface area contributed by atoms with E-state index in [1.54, 1.807) is 60.7 Å². The first kappa shape index (κ1) is 67.3. The molecule has 88 heavy (non-hydrogen) atoms. The van der Waals surface area contributed by atoms with Gasteiger partial charge in [-0.2, -0.15) is 73.4 Å². The third-order valence-electron chi connectivity index (χ3n) is 15.3. The van der Waals surface area contributed by atoms with Crippen molar-refractivity contribution in [2.45, 2.75) is 98.6 Å². The van der Waals surface area contributed by atoms with Crippen LogP contribution in [0, 0.1) is 22.7 Å². The number of nitrogens with two attached hydrogens (primary N) is 1. The molecular formula is C54H52F12N11O10P. The second-order valence-electron chi connectivity index (χ2n) is 20.7. The van der Waals surface area contributed by atoms with Crippen molar-refractivity contribution < 1.29 is 90.6 Å². The Kier molecular flexibility index (Phi) is 19.5. The Hall–Kier alpha value is -8.17. The highest BCUT2D eigenvalue weighted by atomic mass is 31.2. The summed E-state index contributed by atoms with van der Waals surface area (Å²) in [4.78, 5) is 72.6. The minimum atomic E-state index is -5.19. The number of likely N-dealkylation sites (tertiary alicyclic amines) is 2. The van der Waals surface area contributed by atoms with Crippen LogP contribution in [0.25, 0.3) is 0 Å². The molecule has 472 valence electrons. The summed E-state index contributed by atoms with van der Waals surface area (Å²) < 4.78 is 192. The summed E-state index contributed by atoms with van der Waals surface area (Å²) in [6, 6.07) is 22.6. The van der Waals surface area contributed by atoms with Crippen molar-refractivity contribution in [1.82, 2.24) is 39.3 Å². The minimum absolute atomic E-state index is 0.0196. The molecule has 8 rings (SSSR count). The van der Waals surface area contributed by atoms with Crippen LogP contribution < -0.4 is 17.1 Å². The number of halogens is 12. The third-order valence-corrected chi connectivity index (χ3v) is 15.7. The van der Waals surface area contributed by atoms with Crippen LogP contribution in [0.3, 0.4) is 0 Å². The molecular weight excluding hydrogens is 1220 g/mol. The number of carbonyl (C=O) groups is 2. The van der Waals surface area contributed by atoms with Crippen molar-refractivity contribution in [2.24, 2.45) is 5.73 Å². The van der Waals surface area contributed by atoms with Crippen LogP contribution in [0.1, 0.15) is 96.2 Å². The summed E-state index contributed by atoms with van der Waals surface area (Å²) in [6.45, 7) is -1.02. The van der Waals surface area contributed by atoms with Gasteiger partial charge in [-0.1, -0.05) is 60.7 Å². The van der Waals surface area contributed by atoms with Gasteiger partial charge in [0.2, 0.25) is 11.8 Å². The summed E-state index contributed by atoms with van der Waals surface area (Å²) >= 11 is 0. The molecule has 2 aromatic heterocycles. The number of aromatic amines is 2. The summed E-state index contributed by atoms with van der Waals surface area (Å²) in [5.41, 5.74) is -8.06. The average molecular weight is 1270 g/mol. The maximum atomic E-state index is 13.6. The lowest BCUT2D eigenvalue weighted by Gasteiger charge is -2.52. The van der Waals surface area contributed by atoms with Crippen molar-refractivity contribution >= 4 is 19.6 Å². The number of H-pyrrole nitrogens is 2. The van der Waals surface area contributed by atoms with Gasteiger partial charge in [0.05, 0.1) is 90.5 Å². The second-order valence-corrected chi connectivity index (χ2v) is 21.9. The molecule has 0 saturated carbocycles. The molecule has 2 amide bonds. The van der Waals surface area contributed by atoms with Crippen LogP contribution in [-0.2, 0) is 75.0 Å². The molecule has 0 aliphatic carbocycles. The lowest BCUT2D eigenvalue weighted by atomic mass is 9.74. The number of aromatic nitrogens is 6. The Bertz CT molecular complexity index is 3670. The number of hydrogen-bond donors (Lipinski definition) is 5. The largest absolute Gasteiger partial charge is 0.470 e. The topological polar surface area (TPSA) is 301 Å². The molecule has 4 aromatic carbocycles. The van der Waals surface area contributed by atoms with Gasteiger partial charge in [-0.3, -0.25) is 23.2 Å². The van der Waals surface area contributed by atoms with E-state index in [-0.39, 0.29) is 56.5 Å². The molecule has 0 radical (unpaired) electrons. The smallest absolute Gasteiger partial charge is 0.371 e. The molecule has 0 unspecified atom stereocenters. The highest BCUT2D eigenvalue weighted by molar-refractivity contribution is 7.46. The number of nitrogens with one attached hydrogen (secondary N) is 2. The molecule has 4 heterocycles. The molecule has 6 N–H and O–H groups in total. The van der Waals surface area contributed by atoms with E-state index in [0.29, 0.717) is 35.4 Å². The molecule has 21 nitrogen and oxygen atoms in total. The molecule has 6 atom stereocenters. The fourth-order valence-corrected chi connectivity index (χ4v) is 10.8.